The molecule has 2 atom stereocenters. The molecule has 1 amide bonds. The summed E-state index contributed by atoms with van der Waals surface area (Å²) in [5.41, 5.74) is 1.94. The lowest BCUT2D eigenvalue weighted by Crippen LogP contribution is -2.32. The zero-order valence-corrected chi connectivity index (χ0v) is 21.6. The molecule has 3 heterocycles. The molecule has 0 bridgehead atoms. The molecule has 0 aliphatic carbocycles. The Morgan fingerprint density at radius 2 is 1.82 bits per heavy atom. The first-order valence-corrected chi connectivity index (χ1v) is 13.8. The molecule has 5 rings (SSSR count). The fraction of sp³-hybridized carbons (Fsp3) is 0.250. The molecule has 2 aromatic heterocycles. The number of likely N-dealkylation sites (tertiary alicyclic amines) is 1. The highest BCUT2D eigenvalue weighted by Gasteiger charge is 2.36. The van der Waals surface area contributed by atoms with Crippen molar-refractivity contribution in [3.63, 3.8) is 0 Å². The van der Waals surface area contributed by atoms with E-state index in [0.29, 0.717) is 29.7 Å². The van der Waals surface area contributed by atoms with Gasteiger partial charge >= 0.3 is 6.09 Å². The first-order chi connectivity index (χ1) is 18.4. The third kappa shape index (κ3) is 4.80. The lowest BCUT2D eigenvalue weighted by Gasteiger charge is -2.21. The number of ether oxygens (including phenoxy) is 1. The first kappa shape index (κ1) is 25.3. The smallest absolute Gasteiger partial charge is 0.410 e. The highest BCUT2D eigenvalue weighted by Crippen LogP contribution is 2.32. The van der Waals surface area contributed by atoms with Crippen molar-refractivity contribution in [2.75, 3.05) is 18.4 Å². The Bertz CT molecular complexity index is 1600. The number of fused-ring (bicyclic) bond motifs is 1. The number of aromatic nitrogens is 2. The van der Waals surface area contributed by atoms with Crippen LogP contribution >= 0.6 is 0 Å². The number of anilines is 1. The number of nitrogens with zero attached hydrogens (tertiary/aromatic N) is 4. The topological polar surface area (TPSA) is 117 Å². The van der Waals surface area contributed by atoms with Crippen LogP contribution in [0.2, 0.25) is 0 Å². The molecule has 1 N–H and O–H groups in total. The number of amides is 1. The van der Waals surface area contributed by atoms with Crippen LogP contribution in [0.3, 0.4) is 0 Å². The number of nitrogens with one attached hydrogen (secondary N) is 1. The Kier molecular flexibility index (Phi) is 7.03. The van der Waals surface area contributed by atoms with Crippen molar-refractivity contribution in [3.05, 3.63) is 90.3 Å². The van der Waals surface area contributed by atoms with Gasteiger partial charge in [0.05, 0.1) is 16.1 Å². The third-order valence-electron chi connectivity index (χ3n) is 6.86. The average Bonchev–Trinajstić information content (AvgIpc) is 3.58. The van der Waals surface area contributed by atoms with E-state index in [1.807, 2.05) is 30.3 Å². The predicted octanol–water partition coefficient (Wildman–Crippen LogP) is 4.60. The van der Waals surface area contributed by atoms with Crippen molar-refractivity contribution in [3.8, 4) is 6.07 Å². The van der Waals surface area contributed by atoms with Gasteiger partial charge in [0.2, 0.25) is 0 Å². The standard InChI is InChI=1S/C28H27N5O4S/c1-2-21-17-32(28(34)37-19-20-9-5-3-6-10-20)18-25(21)31-26-22(15-29)16-30-27-24(26)13-14-33(27)38(35,36)23-11-7-4-8-12-23/h3-14,16,21,25H,2,17-19H2,1H3,(H,30,31)/t21-,25+/m0/s1. The van der Waals surface area contributed by atoms with Gasteiger partial charge in [0.15, 0.2) is 5.65 Å². The van der Waals surface area contributed by atoms with Crippen LogP contribution in [0.1, 0.15) is 24.5 Å². The van der Waals surface area contributed by atoms with E-state index in [4.69, 9.17) is 4.74 Å². The van der Waals surface area contributed by atoms with Crippen LogP contribution in [-0.4, -0.2) is 47.5 Å². The maximum absolute atomic E-state index is 13.3. The van der Waals surface area contributed by atoms with Gasteiger partial charge in [0, 0.05) is 36.9 Å². The van der Waals surface area contributed by atoms with Crippen molar-refractivity contribution in [1.29, 1.82) is 5.26 Å². The van der Waals surface area contributed by atoms with Gasteiger partial charge in [0.1, 0.15) is 12.7 Å². The monoisotopic (exact) mass is 529 g/mol. The molecule has 1 aliphatic rings. The van der Waals surface area contributed by atoms with Crippen molar-refractivity contribution in [2.45, 2.75) is 30.9 Å². The first-order valence-electron chi connectivity index (χ1n) is 12.3. The minimum absolute atomic E-state index is 0.115. The zero-order chi connectivity index (χ0) is 26.7. The van der Waals surface area contributed by atoms with Crippen LogP contribution in [0.4, 0.5) is 10.5 Å². The molecular weight excluding hydrogens is 502 g/mol. The average molecular weight is 530 g/mol. The van der Waals surface area contributed by atoms with Gasteiger partial charge in [-0.1, -0.05) is 55.5 Å². The van der Waals surface area contributed by atoms with Crippen LogP contribution < -0.4 is 5.32 Å². The van der Waals surface area contributed by atoms with Gasteiger partial charge in [-0.3, -0.25) is 0 Å². The molecular formula is C28H27N5O4S. The summed E-state index contributed by atoms with van der Waals surface area (Å²) < 4.78 is 33.2. The number of carbonyl (C=O) groups excluding carboxylic acids is 1. The summed E-state index contributed by atoms with van der Waals surface area (Å²) in [4.78, 5) is 18.9. The van der Waals surface area contributed by atoms with Gasteiger partial charge in [-0.05, 0) is 36.1 Å². The third-order valence-corrected chi connectivity index (χ3v) is 8.54. The lowest BCUT2D eigenvalue weighted by atomic mass is 10.00. The van der Waals surface area contributed by atoms with E-state index in [1.165, 1.54) is 24.5 Å². The Balaban J connectivity index is 1.40. The zero-order valence-electron chi connectivity index (χ0n) is 20.8. The maximum atomic E-state index is 13.3. The maximum Gasteiger partial charge on any atom is 0.410 e. The number of hydrogen-bond acceptors (Lipinski definition) is 7. The van der Waals surface area contributed by atoms with Crippen LogP contribution in [0.15, 0.2) is 84.0 Å². The molecule has 1 fully saturated rings. The van der Waals surface area contributed by atoms with Crippen LogP contribution in [0.5, 0.6) is 0 Å². The van der Waals surface area contributed by atoms with Crippen molar-refractivity contribution >= 4 is 32.8 Å². The number of nitriles is 1. The number of rotatable bonds is 7. The lowest BCUT2D eigenvalue weighted by molar-refractivity contribution is 0.103. The Labute approximate surface area is 221 Å². The largest absolute Gasteiger partial charge is 0.445 e. The second kappa shape index (κ2) is 10.6. The summed E-state index contributed by atoms with van der Waals surface area (Å²) in [6, 6.07) is 21.3. The Morgan fingerprint density at radius 3 is 2.50 bits per heavy atom. The predicted molar refractivity (Wildman–Crippen MR) is 143 cm³/mol. The summed E-state index contributed by atoms with van der Waals surface area (Å²) in [6.07, 6.45) is 3.24. The van der Waals surface area contributed by atoms with Gasteiger partial charge in [-0.2, -0.15) is 5.26 Å². The van der Waals surface area contributed by atoms with Crippen LogP contribution in [-0.2, 0) is 21.4 Å². The van der Waals surface area contributed by atoms with E-state index in [2.05, 4.69) is 23.3 Å². The molecule has 1 saturated heterocycles. The summed E-state index contributed by atoms with van der Waals surface area (Å²) >= 11 is 0. The fourth-order valence-corrected chi connectivity index (χ4v) is 6.12. The van der Waals surface area contributed by atoms with Gasteiger partial charge < -0.3 is 15.0 Å². The van der Waals surface area contributed by atoms with E-state index in [9.17, 15) is 18.5 Å². The number of pyridine rings is 1. The van der Waals surface area contributed by atoms with Crippen molar-refractivity contribution in [2.24, 2.45) is 5.92 Å². The highest BCUT2D eigenvalue weighted by molar-refractivity contribution is 7.90. The van der Waals surface area contributed by atoms with E-state index in [-0.39, 0.29) is 29.1 Å². The van der Waals surface area contributed by atoms with E-state index >= 15 is 0 Å². The van der Waals surface area contributed by atoms with Crippen molar-refractivity contribution in [1.82, 2.24) is 13.9 Å². The number of carbonyl (C=O) groups is 1. The number of benzene rings is 2. The molecule has 194 valence electrons. The van der Waals surface area contributed by atoms with E-state index in [1.54, 1.807) is 29.2 Å². The summed E-state index contributed by atoms with van der Waals surface area (Å²) in [5, 5.41) is 13.8. The van der Waals surface area contributed by atoms with Gasteiger partial charge in [-0.25, -0.2) is 22.2 Å². The summed E-state index contributed by atoms with van der Waals surface area (Å²) in [5.74, 6) is 0.115. The SMILES string of the molecule is CC[C@H]1CN(C(=O)OCc2ccccc2)C[C@H]1Nc1c(C#N)cnc2c1ccn2S(=O)(=O)c1ccccc1. The second-order valence-electron chi connectivity index (χ2n) is 9.19. The molecule has 38 heavy (non-hydrogen) atoms. The molecule has 0 unspecified atom stereocenters. The molecule has 10 heteroatoms. The molecule has 4 aromatic rings. The minimum Gasteiger partial charge on any atom is -0.445 e. The quantitative estimate of drug-likeness (QED) is 0.372. The molecule has 0 saturated carbocycles. The van der Waals surface area contributed by atoms with Crippen LogP contribution in [0, 0.1) is 17.2 Å². The molecule has 0 radical (unpaired) electrons. The second-order valence-corrected chi connectivity index (χ2v) is 11.0. The Morgan fingerprint density at radius 1 is 1.11 bits per heavy atom. The van der Waals surface area contributed by atoms with Crippen molar-refractivity contribution < 1.29 is 17.9 Å². The molecule has 0 spiro atoms. The van der Waals surface area contributed by atoms with E-state index < -0.39 is 16.1 Å². The van der Waals surface area contributed by atoms with Gasteiger partial charge in [-0.15, -0.1) is 0 Å². The van der Waals surface area contributed by atoms with E-state index in [0.717, 1.165) is 16.0 Å². The minimum atomic E-state index is -3.88. The number of hydrogen-bond donors (Lipinski definition) is 1. The molecule has 1 aliphatic heterocycles. The molecule has 9 nitrogen and oxygen atoms in total. The highest BCUT2D eigenvalue weighted by atomic mass is 32.2. The Hall–Kier alpha value is -4.36. The normalized spacial score (nSPS) is 17.3. The summed E-state index contributed by atoms with van der Waals surface area (Å²) in [7, 11) is -3.88. The summed E-state index contributed by atoms with van der Waals surface area (Å²) in [6.45, 7) is 3.15. The van der Waals surface area contributed by atoms with Crippen LogP contribution in [0.25, 0.3) is 11.0 Å². The van der Waals surface area contributed by atoms with Gasteiger partial charge in [0.25, 0.3) is 10.0 Å². The fourth-order valence-electron chi connectivity index (χ4n) is 4.80. The molecule has 2 aromatic carbocycles.